The molecule has 5 rings (SSSR count). The van der Waals surface area contributed by atoms with Crippen molar-refractivity contribution in [3.63, 3.8) is 0 Å². The highest BCUT2D eigenvalue weighted by Crippen LogP contribution is 2.36. The zero-order chi connectivity index (χ0) is 45.6. The van der Waals surface area contributed by atoms with Crippen LogP contribution in [-0.2, 0) is 29.3 Å². The SMILES string of the molecule is C[C@@H](NC(=O)c1cccc(NC2(c3nc(-c4ccncc4)n[nH]3)CCN(C(=O)OC(C)(C)C)CC2)c1)c1ccc(OCCCCCCOCCOCCOCCCCCC(=O)O)cc1. The third kappa shape index (κ3) is 16.8. The second-order valence-corrected chi connectivity index (χ2v) is 17.1. The summed E-state index contributed by atoms with van der Waals surface area (Å²) in [5.41, 5.74) is 1.73. The van der Waals surface area contributed by atoms with E-state index in [0.717, 1.165) is 61.1 Å². The van der Waals surface area contributed by atoms with Gasteiger partial charge in [-0.2, -0.15) is 5.10 Å². The van der Waals surface area contributed by atoms with Crippen molar-refractivity contribution in [1.82, 2.24) is 30.4 Å². The molecular formula is C48H67N7O9. The lowest BCUT2D eigenvalue weighted by molar-refractivity contribution is -0.137. The summed E-state index contributed by atoms with van der Waals surface area (Å²) in [5.74, 6) is 1.02. The molecule has 3 heterocycles. The van der Waals surface area contributed by atoms with Crippen LogP contribution in [-0.4, -0.2) is 113 Å². The van der Waals surface area contributed by atoms with Crippen molar-refractivity contribution >= 4 is 23.7 Å². The van der Waals surface area contributed by atoms with Crippen LogP contribution in [0.4, 0.5) is 10.5 Å². The predicted octanol–water partition coefficient (Wildman–Crippen LogP) is 8.33. The molecule has 348 valence electrons. The lowest BCUT2D eigenvalue weighted by Gasteiger charge is -2.41. The van der Waals surface area contributed by atoms with Gasteiger partial charge >= 0.3 is 12.1 Å². The number of aliphatic carboxylic acids is 1. The Bertz CT molecular complexity index is 2000. The van der Waals surface area contributed by atoms with Crippen LogP contribution in [0.15, 0.2) is 73.1 Å². The molecule has 1 fully saturated rings. The number of piperidine rings is 1. The third-order valence-corrected chi connectivity index (χ3v) is 10.8. The number of hydrogen-bond donors (Lipinski definition) is 4. The maximum Gasteiger partial charge on any atom is 0.410 e. The zero-order valence-electron chi connectivity index (χ0n) is 37.9. The van der Waals surface area contributed by atoms with E-state index in [-0.39, 0.29) is 24.5 Å². The number of carboxylic acid groups (broad SMARTS) is 1. The maximum absolute atomic E-state index is 13.6. The number of nitrogens with zero attached hydrogens (tertiary/aromatic N) is 4. The minimum Gasteiger partial charge on any atom is -0.494 e. The van der Waals surface area contributed by atoms with E-state index in [1.807, 2.05) is 82.3 Å². The number of anilines is 1. The Labute approximate surface area is 377 Å². The first kappa shape index (κ1) is 49.4. The van der Waals surface area contributed by atoms with Gasteiger partial charge < -0.3 is 44.3 Å². The fourth-order valence-corrected chi connectivity index (χ4v) is 7.20. The molecule has 0 saturated carbocycles. The highest BCUT2D eigenvalue weighted by molar-refractivity contribution is 5.95. The molecule has 4 aromatic rings. The van der Waals surface area contributed by atoms with Gasteiger partial charge in [0.15, 0.2) is 11.6 Å². The number of aromatic amines is 1. The molecule has 0 aliphatic carbocycles. The highest BCUT2D eigenvalue weighted by Gasteiger charge is 2.41. The first-order valence-electron chi connectivity index (χ1n) is 22.6. The van der Waals surface area contributed by atoms with Crippen molar-refractivity contribution in [3.05, 3.63) is 90.0 Å². The number of hydrogen-bond acceptors (Lipinski definition) is 12. The van der Waals surface area contributed by atoms with Crippen LogP contribution >= 0.6 is 0 Å². The molecular weight excluding hydrogens is 819 g/mol. The summed E-state index contributed by atoms with van der Waals surface area (Å²) >= 11 is 0. The summed E-state index contributed by atoms with van der Waals surface area (Å²) in [6.07, 6.45) is 10.8. The monoisotopic (exact) mass is 886 g/mol. The lowest BCUT2D eigenvalue weighted by Crippen LogP contribution is -2.50. The van der Waals surface area contributed by atoms with Gasteiger partial charge in [0.05, 0.1) is 39.1 Å². The Morgan fingerprint density at radius 3 is 2.08 bits per heavy atom. The molecule has 16 heteroatoms. The fourth-order valence-electron chi connectivity index (χ4n) is 7.20. The molecule has 2 aromatic heterocycles. The number of benzene rings is 2. The molecule has 1 saturated heterocycles. The number of nitrogens with one attached hydrogen (secondary N) is 3. The Morgan fingerprint density at radius 1 is 0.812 bits per heavy atom. The van der Waals surface area contributed by atoms with Crippen LogP contribution in [0.3, 0.4) is 0 Å². The normalized spacial score (nSPS) is 14.2. The molecule has 1 aliphatic rings. The number of rotatable bonds is 27. The lowest BCUT2D eigenvalue weighted by atomic mass is 9.86. The summed E-state index contributed by atoms with van der Waals surface area (Å²) < 4.78 is 28.4. The van der Waals surface area contributed by atoms with E-state index in [2.05, 4.69) is 25.8 Å². The average Bonchev–Trinajstić information content (AvgIpc) is 3.79. The number of carboxylic acids is 1. The Hall–Kier alpha value is -5.58. The molecule has 1 aliphatic heterocycles. The number of pyridine rings is 1. The topological polar surface area (TPSA) is 199 Å². The van der Waals surface area contributed by atoms with Crippen molar-refractivity contribution in [1.29, 1.82) is 0 Å². The molecule has 4 N–H and O–H groups in total. The van der Waals surface area contributed by atoms with Gasteiger partial charge in [-0.25, -0.2) is 9.78 Å². The van der Waals surface area contributed by atoms with Gasteiger partial charge in [-0.15, -0.1) is 0 Å². The molecule has 2 amide bonds. The smallest absolute Gasteiger partial charge is 0.410 e. The van der Waals surface area contributed by atoms with Gasteiger partial charge in [0.2, 0.25) is 0 Å². The van der Waals surface area contributed by atoms with Gasteiger partial charge in [-0.05, 0) is 121 Å². The van der Waals surface area contributed by atoms with E-state index in [1.54, 1.807) is 23.4 Å². The molecule has 0 unspecified atom stereocenters. The van der Waals surface area contributed by atoms with Crippen molar-refractivity contribution in [2.75, 3.05) is 64.7 Å². The summed E-state index contributed by atoms with van der Waals surface area (Å²) in [7, 11) is 0. The number of carbonyl (C=O) groups is 3. The quantitative estimate of drug-likeness (QED) is 0.0417. The molecule has 1 atom stereocenters. The van der Waals surface area contributed by atoms with E-state index in [4.69, 9.17) is 33.8 Å². The number of aromatic nitrogens is 4. The van der Waals surface area contributed by atoms with Crippen LogP contribution in [0.25, 0.3) is 11.4 Å². The van der Waals surface area contributed by atoms with Crippen LogP contribution < -0.4 is 15.4 Å². The second kappa shape index (κ2) is 25.6. The van der Waals surface area contributed by atoms with E-state index in [0.29, 0.717) is 95.8 Å². The van der Waals surface area contributed by atoms with E-state index >= 15 is 0 Å². The minimum absolute atomic E-state index is 0.204. The number of H-pyrrole nitrogens is 1. The highest BCUT2D eigenvalue weighted by atomic mass is 16.6. The fraction of sp³-hybridized carbons (Fsp3) is 0.542. The summed E-state index contributed by atoms with van der Waals surface area (Å²) in [4.78, 5) is 47.8. The second-order valence-electron chi connectivity index (χ2n) is 17.1. The molecule has 2 aromatic carbocycles. The van der Waals surface area contributed by atoms with Gasteiger partial charge in [0.1, 0.15) is 16.9 Å². The first-order valence-corrected chi connectivity index (χ1v) is 22.6. The first-order chi connectivity index (χ1) is 30.9. The van der Waals surface area contributed by atoms with Crippen LogP contribution in [0.5, 0.6) is 5.75 Å². The Kier molecular flexibility index (Phi) is 19.8. The van der Waals surface area contributed by atoms with Crippen molar-refractivity contribution in [2.45, 2.75) is 109 Å². The number of ether oxygens (including phenoxy) is 5. The van der Waals surface area contributed by atoms with E-state index in [1.165, 1.54) is 0 Å². The number of likely N-dealkylation sites (tertiary alicyclic amines) is 1. The van der Waals surface area contributed by atoms with Crippen molar-refractivity contribution in [3.8, 4) is 17.1 Å². The number of amides is 2. The Morgan fingerprint density at radius 2 is 1.44 bits per heavy atom. The summed E-state index contributed by atoms with van der Waals surface area (Å²) in [6.45, 7) is 12.5. The average molecular weight is 886 g/mol. The van der Waals surface area contributed by atoms with E-state index in [9.17, 15) is 14.4 Å². The molecule has 0 radical (unpaired) electrons. The molecule has 64 heavy (non-hydrogen) atoms. The zero-order valence-corrected chi connectivity index (χ0v) is 37.9. The predicted molar refractivity (Wildman–Crippen MR) is 243 cm³/mol. The standard InChI is InChI=1S/C48H67N7O9/c1-36(37-16-18-41(19-17-37)63-30-11-6-5-9-28-60-31-33-62-34-32-61-29-10-7-8-15-42(56)57)50-44(58)39-13-12-14-40(35-39)52-48(22-26-55(27-23-48)46(59)64-47(2,3)4)45-51-43(53-54-45)38-20-24-49-25-21-38/h12-14,16-21,24-25,35-36,52H,5-11,15,22-23,26-34H2,1-4H3,(H,50,58)(H,56,57)(H,51,53,54)/t36-/m1/s1. The molecule has 0 spiro atoms. The largest absolute Gasteiger partial charge is 0.494 e. The third-order valence-electron chi connectivity index (χ3n) is 10.8. The van der Waals surface area contributed by atoms with Crippen LogP contribution in [0.1, 0.15) is 120 Å². The molecule has 0 bridgehead atoms. The van der Waals surface area contributed by atoms with Gasteiger partial charge in [0.25, 0.3) is 5.91 Å². The van der Waals surface area contributed by atoms with Crippen molar-refractivity contribution in [2.24, 2.45) is 0 Å². The Balaban J connectivity index is 1.01. The van der Waals surface area contributed by atoms with Crippen LogP contribution in [0, 0.1) is 0 Å². The van der Waals surface area contributed by atoms with Crippen molar-refractivity contribution < 1.29 is 43.2 Å². The van der Waals surface area contributed by atoms with E-state index < -0.39 is 17.1 Å². The van der Waals surface area contributed by atoms with Gasteiger partial charge in [0, 0.05) is 61.9 Å². The molecule has 16 nitrogen and oxygen atoms in total. The number of unbranched alkanes of at least 4 members (excludes halogenated alkanes) is 5. The van der Waals surface area contributed by atoms with Gasteiger partial charge in [-0.3, -0.25) is 19.7 Å². The summed E-state index contributed by atoms with van der Waals surface area (Å²) in [5, 5.41) is 23.1. The maximum atomic E-state index is 13.6. The summed E-state index contributed by atoms with van der Waals surface area (Å²) in [6, 6.07) is 18.7. The van der Waals surface area contributed by atoms with Gasteiger partial charge in [-0.1, -0.05) is 31.0 Å². The number of carbonyl (C=O) groups excluding carboxylic acids is 2. The minimum atomic E-state index is -0.751. The van der Waals surface area contributed by atoms with Crippen LogP contribution in [0.2, 0.25) is 0 Å².